The second-order valence-corrected chi connectivity index (χ2v) is 8.71. The van der Waals surface area contributed by atoms with Gasteiger partial charge in [0.2, 0.25) is 0 Å². The first-order valence-electron chi connectivity index (χ1n) is 8.99. The second kappa shape index (κ2) is 5.15. The number of thiophene rings is 1. The van der Waals surface area contributed by atoms with E-state index in [1.54, 1.807) is 11.3 Å². The highest BCUT2D eigenvalue weighted by atomic mass is 32.1. The Bertz CT molecular complexity index is 829. The lowest BCUT2D eigenvalue weighted by Crippen LogP contribution is -2.29. The van der Waals surface area contributed by atoms with Gasteiger partial charge in [0.05, 0.1) is 11.9 Å². The van der Waals surface area contributed by atoms with E-state index >= 15 is 0 Å². The van der Waals surface area contributed by atoms with Gasteiger partial charge >= 0.3 is 0 Å². The molecule has 4 nitrogen and oxygen atoms in total. The van der Waals surface area contributed by atoms with Gasteiger partial charge in [-0.15, -0.1) is 11.3 Å². The van der Waals surface area contributed by atoms with Crippen LogP contribution >= 0.6 is 11.3 Å². The molecule has 1 unspecified atom stereocenters. The zero-order valence-corrected chi connectivity index (χ0v) is 14.4. The maximum absolute atomic E-state index is 13.2. The number of nitrogens with one attached hydrogen (secondary N) is 1. The summed E-state index contributed by atoms with van der Waals surface area (Å²) < 4.78 is 2.02. The van der Waals surface area contributed by atoms with Gasteiger partial charge in [0.1, 0.15) is 10.7 Å². The van der Waals surface area contributed by atoms with Crippen LogP contribution < -0.4 is 10.9 Å². The molecule has 1 atom stereocenters. The number of aromatic nitrogens is 2. The Morgan fingerprint density at radius 2 is 2.09 bits per heavy atom. The highest BCUT2D eigenvalue weighted by Crippen LogP contribution is 2.39. The van der Waals surface area contributed by atoms with Crippen molar-refractivity contribution in [1.82, 2.24) is 14.9 Å². The van der Waals surface area contributed by atoms with Crippen molar-refractivity contribution >= 4 is 21.6 Å². The fourth-order valence-corrected chi connectivity index (χ4v) is 5.19. The largest absolute Gasteiger partial charge is 0.307 e. The lowest BCUT2D eigenvalue weighted by Gasteiger charge is -2.18. The first-order valence-corrected chi connectivity index (χ1v) is 9.81. The number of fused-ring (bicyclic) bond motifs is 3. The topological polar surface area (TPSA) is 46.9 Å². The van der Waals surface area contributed by atoms with Crippen molar-refractivity contribution in [2.45, 2.75) is 70.5 Å². The molecule has 2 aromatic heterocycles. The minimum Gasteiger partial charge on any atom is -0.307 e. The maximum Gasteiger partial charge on any atom is 0.262 e. The van der Waals surface area contributed by atoms with Crippen LogP contribution in [0.1, 0.15) is 61.3 Å². The van der Waals surface area contributed by atoms with Crippen molar-refractivity contribution < 1.29 is 0 Å². The molecule has 0 aromatic carbocycles. The first-order chi connectivity index (χ1) is 11.2. The van der Waals surface area contributed by atoms with Crippen LogP contribution in [0.3, 0.4) is 0 Å². The van der Waals surface area contributed by atoms with Crippen LogP contribution in [0.25, 0.3) is 10.2 Å². The van der Waals surface area contributed by atoms with Crippen LogP contribution in [-0.4, -0.2) is 15.6 Å². The summed E-state index contributed by atoms with van der Waals surface area (Å²) in [5.41, 5.74) is 1.55. The summed E-state index contributed by atoms with van der Waals surface area (Å²) in [7, 11) is 0. The minimum absolute atomic E-state index is 0.233. The van der Waals surface area contributed by atoms with Crippen molar-refractivity contribution in [3.63, 3.8) is 0 Å². The Hall–Kier alpha value is -1.20. The van der Waals surface area contributed by atoms with Gasteiger partial charge in [-0.1, -0.05) is 6.92 Å². The van der Waals surface area contributed by atoms with Crippen molar-refractivity contribution in [3.05, 3.63) is 26.6 Å². The van der Waals surface area contributed by atoms with Gasteiger partial charge in [-0.3, -0.25) is 9.36 Å². The van der Waals surface area contributed by atoms with Gasteiger partial charge in [0.25, 0.3) is 5.56 Å². The van der Waals surface area contributed by atoms with Crippen LogP contribution in [-0.2, 0) is 19.4 Å². The quantitative estimate of drug-likeness (QED) is 0.937. The number of nitrogens with zero attached hydrogens (tertiary/aromatic N) is 2. The smallest absolute Gasteiger partial charge is 0.262 e. The number of hydrogen-bond donors (Lipinski definition) is 1. The lowest BCUT2D eigenvalue weighted by molar-refractivity contribution is 0.508. The summed E-state index contributed by atoms with van der Waals surface area (Å²) in [6.07, 6.45) is 8.17. The zero-order chi connectivity index (χ0) is 15.6. The third kappa shape index (κ3) is 2.45. The van der Waals surface area contributed by atoms with Crippen LogP contribution in [0, 0.1) is 5.92 Å². The summed E-state index contributed by atoms with van der Waals surface area (Å²) in [5, 5.41) is 4.48. The SMILES string of the molecule is CC1CCc2c(sc3nc(CNC4CC4)n(C4CC4)c(=O)c23)C1. The normalized spacial score (nSPS) is 24.1. The molecule has 0 spiro atoms. The molecular formula is C18H23N3OS. The van der Waals surface area contributed by atoms with E-state index in [4.69, 9.17) is 4.98 Å². The van der Waals surface area contributed by atoms with E-state index in [0.29, 0.717) is 12.1 Å². The molecule has 122 valence electrons. The standard InChI is InChI=1S/C18H23N3OS/c1-10-2-7-13-14(8-10)23-17-16(13)18(22)21(12-5-6-12)15(20-17)9-19-11-3-4-11/h10-12,19H,2-9H2,1H3. The molecule has 2 aromatic rings. The highest BCUT2D eigenvalue weighted by Gasteiger charge is 2.31. The van der Waals surface area contributed by atoms with E-state index in [1.165, 1.54) is 29.7 Å². The Balaban J connectivity index is 1.65. The van der Waals surface area contributed by atoms with Crippen molar-refractivity contribution in [2.24, 2.45) is 5.92 Å². The van der Waals surface area contributed by atoms with Gasteiger partial charge in [0, 0.05) is 17.0 Å². The van der Waals surface area contributed by atoms with Gasteiger partial charge in [0.15, 0.2) is 0 Å². The molecule has 0 radical (unpaired) electrons. The fourth-order valence-electron chi connectivity index (χ4n) is 3.80. The van der Waals surface area contributed by atoms with Crippen LogP contribution in [0.4, 0.5) is 0 Å². The summed E-state index contributed by atoms with van der Waals surface area (Å²) in [5.74, 6) is 1.70. The molecule has 1 N–H and O–H groups in total. The Labute approximate surface area is 139 Å². The van der Waals surface area contributed by atoms with Crippen LogP contribution in [0.2, 0.25) is 0 Å². The molecule has 2 saturated carbocycles. The molecule has 23 heavy (non-hydrogen) atoms. The van der Waals surface area contributed by atoms with Crippen molar-refractivity contribution in [1.29, 1.82) is 0 Å². The molecule has 5 rings (SSSR count). The number of rotatable bonds is 4. The number of aryl methyl sites for hydroxylation is 1. The van der Waals surface area contributed by atoms with Crippen molar-refractivity contribution in [2.75, 3.05) is 0 Å². The summed E-state index contributed by atoms with van der Waals surface area (Å²) >= 11 is 1.77. The van der Waals surface area contributed by atoms with Gasteiger partial charge < -0.3 is 5.32 Å². The van der Waals surface area contributed by atoms with E-state index in [0.717, 1.165) is 54.2 Å². The van der Waals surface area contributed by atoms with E-state index in [-0.39, 0.29) is 5.56 Å². The van der Waals surface area contributed by atoms with E-state index in [9.17, 15) is 4.79 Å². The summed E-state index contributed by atoms with van der Waals surface area (Å²) in [6.45, 7) is 3.06. The Morgan fingerprint density at radius 1 is 1.26 bits per heavy atom. The van der Waals surface area contributed by atoms with E-state index < -0.39 is 0 Å². The fraction of sp³-hybridized carbons (Fsp3) is 0.667. The van der Waals surface area contributed by atoms with Crippen molar-refractivity contribution in [3.8, 4) is 0 Å². The molecule has 5 heteroatoms. The molecule has 0 bridgehead atoms. The molecule has 0 amide bonds. The van der Waals surface area contributed by atoms with Gasteiger partial charge in [-0.05, 0) is 56.4 Å². The van der Waals surface area contributed by atoms with Crippen LogP contribution in [0.5, 0.6) is 0 Å². The predicted molar refractivity (Wildman–Crippen MR) is 93.2 cm³/mol. The Morgan fingerprint density at radius 3 is 2.83 bits per heavy atom. The third-order valence-corrected chi connectivity index (χ3v) is 6.62. The van der Waals surface area contributed by atoms with Crippen LogP contribution in [0.15, 0.2) is 4.79 Å². The predicted octanol–water partition coefficient (Wildman–Crippen LogP) is 3.17. The minimum atomic E-state index is 0.233. The zero-order valence-electron chi connectivity index (χ0n) is 13.6. The highest BCUT2D eigenvalue weighted by molar-refractivity contribution is 7.18. The van der Waals surface area contributed by atoms with E-state index in [2.05, 4.69) is 12.2 Å². The van der Waals surface area contributed by atoms with Gasteiger partial charge in [-0.2, -0.15) is 0 Å². The summed E-state index contributed by atoms with van der Waals surface area (Å²) in [6, 6.07) is 1.04. The third-order valence-electron chi connectivity index (χ3n) is 5.47. The molecule has 3 aliphatic rings. The number of hydrogen-bond acceptors (Lipinski definition) is 4. The Kier molecular flexibility index (Phi) is 3.17. The van der Waals surface area contributed by atoms with E-state index in [1.807, 2.05) is 4.57 Å². The second-order valence-electron chi connectivity index (χ2n) is 7.62. The molecule has 2 heterocycles. The molecule has 3 aliphatic carbocycles. The lowest BCUT2D eigenvalue weighted by atomic mass is 9.89. The average Bonchev–Trinajstić information content (AvgIpc) is 3.42. The molecule has 0 saturated heterocycles. The molecular weight excluding hydrogens is 306 g/mol. The summed E-state index contributed by atoms with van der Waals surface area (Å²) in [4.78, 5) is 20.6. The molecule has 2 fully saturated rings. The first kappa shape index (κ1) is 14.2. The average molecular weight is 329 g/mol. The maximum atomic E-state index is 13.2. The molecule has 0 aliphatic heterocycles. The monoisotopic (exact) mass is 329 g/mol. The van der Waals surface area contributed by atoms with Gasteiger partial charge in [-0.25, -0.2) is 4.98 Å².